The molecule has 1 amide bonds. The highest BCUT2D eigenvalue weighted by Crippen LogP contribution is 2.22. The van der Waals surface area contributed by atoms with Crippen molar-refractivity contribution in [2.75, 3.05) is 12.3 Å². The topological polar surface area (TPSA) is 107 Å². The standard InChI is InChI=1S/C21H19N3O4/c1-2-27-21(26)15-9-7-14(8-10-15)19-12-11-16(28-19)13-23-24-20(25)17-5-3-4-6-18(17)22/h3-13H,2,22H2,1H3,(H,24,25). The van der Waals surface area contributed by atoms with Crippen molar-refractivity contribution < 1.29 is 18.7 Å². The van der Waals surface area contributed by atoms with Gasteiger partial charge in [0.05, 0.1) is 23.9 Å². The molecule has 0 spiro atoms. The summed E-state index contributed by atoms with van der Waals surface area (Å²) in [6.45, 7) is 2.09. The molecule has 3 aromatic rings. The summed E-state index contributed by atoms with van der Waals surface area (Å²) in [7, 11) is 0. The Kier molecular flexibility index (Phi) is 5.86. The van der Waals surface area contributed by atoms with E-state index in [0.29, 0.717) is 34.9 Å². The maximum Gasteiger partial charge on any atom is 0.338 e. The van der Waals surface area contributed by atoms with Gasteiger partial charge in [-0.1, -0.05) is 24.3 Å². The first-order valence-corrected chi connectivity index (χ1v) is 8.63. The number of ether oxygens (including phenoxy) is 1. The maximum atomic E-state index is 12.0. The van der Waals surface area contributed by atoms with Gasteiger partial charge in [0.1, 0.15) is 11.5 Å². The first-order chi connectivity index (χ1) is 13.6. The van der Waals surface area contributed by atoms with Crippen LogP contribution in [-0.4, -0.2) is 24.7 Å². The lowest BCUT2D eigenvalue weighted by atomic mass is 10.1. The summed E-state index contributed by atoms with van der Waals surface area (Å²) in [4.78, 5) is 23.7. The van der Waals surface area contributed by atoms with Crippen molar-refractivity contribution in [2.24, 2.45) is 5.10 Å². The Balaban J connectivity index is 1.64. The van der Waals surface area contributed by atoms with E-state index in [4.69, 9.17) is 14.9 Å². The van der Waals surface area contributed by atoms with Gasteiger partial charge in [-0.25, -0.2) is 10.2 Å². The van der Waals surface area contributed by atoms with Gasteiger partial charge in [-0.2, -0.15) is 5.10 Å². The van der Waals surface area contributed by atoms with Crippen LogP contribution in [0.1, 0.15) is 33.4 Å². The number of amides is 1. The number of hydrazone groups is 1. The SMILES string of the molecule is CCOC(=O)c1ccc(-c2ccc(C=NNC(=O)c3ccccc3N)o2)cc1. The summed E-state index contributed by atoms with van der Waals surface area (Å²) in [6, 6.07) is 17.1. The van der Waals surface area contributed by atoms with Gasteiger partial charge >= 0.3 is 5.97 Å². The van der Waals surface area contributed by atoms with E-state index in [-0.39, 0.29) is 5.97 Å². The molecule has 0 saturated carbocycles. The molecule has 7 heteroatoms. The molecule has 3 N–H and O–H groups in total. The minimum atomic E-state index is -0.407. The van der Waals surface area contributed by atoms with Crippen LogP contribution in [0.2, 0.25) is 0 Å². The Morgan fingerprint density at radius 3 is 2.57 bits per heavy atom. The van der Waals surface area contributed by atoms with E-state index in [1.165, 1.54) is 6.21 Å². The molecule has 0 fully saturated rings. The number of nitrogens with one attached hydrogen (secondary N) is 1. The number of esters is 1. The van der Waals surface area contributed by atoms with E-state index in [9.17, 15) is 9.59 Å². The quantitative estimate of drug-likeness (QED) is 0.296. The molecule has 28 heavy (non-hydrogen) atoms. The average molecular weight is 377 g/mol. The predicted octanol–water partition coefficient (Wildman–Crippen LogP) is 3.47. The monoisotopic (exact) mass is 377 g/mol. The third-order valence-electron chi connectivity index (χ3n) is 3.87. The van der Waals surface area contributed by atoms with Crippen molar-refractivity contribution >= 4 is 23.8 Å². The minimum Gasteiger partial charge on any atom is -0.462 e. The molecule has 0 aliphatic rings. The van der Waals surface area contributed by atoms with Gasteiger partial charge in [0, 0.05) is 11.3 Å². The van der Waals surface area contributed by atoms with Gasteiger partial charge in [0.15, 0.2) is 0 Å². The van der Waals surface area contributed by atoms with Crippen LogP contribution < -0.4 is 11.2 Å². The van der Waals surface area contributed by atoms with Crippen LogP contribution in [-0.2, 0) is 4.74 Å². The van der Waals surface area contributed by atoms with Crippen LogP contribution in [0, 0.1) is 0 Å². The zero-order valence-corrected chi connectivity index (χ0v) is 15.2. The normalized spacial score (nSPS) is 10.8. The lowest BCUT2D eigenvalue weighted by Crippen LogP contribution is -2.18. The molecule has 0 bridgehead atoms. The van der Waals surface area contributed by atoms with E-state index < -0.39 is 5.91 Å². The zero-order chi connectivity index (χ0) is 19.9. The molecular formula is C21H19N3O4. The summed E-state index contributed by atoms with van der Waals surface area (Å²) >= 11 is 0. The molecule has 1 aromatic heterocycles. The van der Waals surface area contributed by atoms with Crippen molar-refractivity contribution in [3.63, 3.8) is 0 Å². The Bertz CT molecular complexity index is 1010. The van der Waals surface area contributed by atoms with Gasteiger partial charge in [0.2, 0.25) is 0 Å². The van der Waals surface area contributed by atoms with E-state index in [1.807, 2.05) is 0 Å². The van der Waals surface area contributed by atoms with E-state index >= 15 is 0 Å². The van der Waals surface area contributed by atoms with Crippen molar-refractivity contribution in [3.05, 3.63) is 77.6 Å². The zero-order valence-electron chi connectivity index (χ0n) is 15.2. The Morgan fingerprint density at radius 1 is 1.11 bits per heavy atom. The fourth-order valence-corrected chi connectivity index (χ4v) is 2.48. The highest BCUT2D eigenvalue weighted by atomic mass is 16.5. The van der Waals surface area contributed by atoms with Crippen LogP contribution in [0.3, 0.4) is 0 Å². The number of carbonyl (C=O) groups is 2. The maximum absolute atomic E-state index is 12.0. The van der Waals surface area contributed by atoms with Crippen molar-refractivity contribution in [1.82, 2.24) is 5.43 Å². The van der Waals surface area contributed by atoms with E-state index in [0.717, 1.165) is 5.56 Å². The van der Waals surface area contributed by atoms with Crippen LogP contribution >= 0.6 is 0 Å². The first kappa shape index (κ1) is 18.9. The van der Waals surface area contributed by atoms with Crippen LogP contribution in [0.5, 0.6) is 0 Å². The molecule has 3 rings (SSSR count). The van der Waals surface area contributed by atoms with Crippen molar-refractivity contribution in [3.8, 4) is 11.3 Å². The van der Waals surface area contributed by atoms with Crippen LogP contribution in [0.15, 0.2) is 70.2 Å². The molecule has 142 valence electrons. The molecular weight excluding hydrogens is 358 g/mol. The third-order valence-corrected chi connectivity index (χ3v) is 3.87. The highest BCUT2D eigenvalue weighted by molar-refractivity contribution is 5.99. The minimum absolute atomic E-state index is 0.328. The second kappa shape index (κ2) is 8.68. The van der Waals surface area contributed by atoms with Gasteiger partial charge in [-0.3, -0.25) is 4.79 Å². The smallest absolute Gasteiger partial charge is 0.338 e. The number of furan rings is 1. The molecule has 0 aliphatic carbocycles. The predicted molar refractivity (Wildman–Crippen MR) is 106 cm³/mol. The summed E-state index contributed by atoms with van der Waals surface area (Å²) in [5.74, 6) is 0.299. The molecule has 0 aliphatic heterocycles. The number of nitrogens with two attached hydrogens (primary N) is 1. The molecule has 0 unspecified atom stereocenters. The Hall–Kier alpha value is -3.87. The number of hydrogen-bond acceptors (Lipinski definition) is 6. The third kappa shape index (κ3) is 4.45. The van der Waals surface area contributed by atoms with E-state index in [2.05, 4.69) is 10.5 Å². The number of benzene rings is 2. The highest BCUT2D eigenvalue weighted by Gasteiger charge is 2.09. The lowest BCUT2D eigenvalue weighted by Gasteiger charge is -2.03. The van der Waals surface area contributed by atoms with Crippen LogP contribution in [0.25, 0.3) is 11.3 Å². The fraction of sp³-hybridized carbons (Fsp3) is 0.0952. The molecule has 0 radical (unpaired) electrons. The van der Waals surface area contributed by atoms with Crippen molar-refractivity contribution in [2.45, 2.75) is 6.92 Å². The van der Waals surface area contributed by atoms with Crippen molar-refractivity contribution in [1.29, 1.82) is 0 Å². The fourth-order valence-electron chi connectivity index (χ4n) is 2.48. The number of rotatable bonds is 6. The lowest BCUT2D eigenvalue weighted by molar-refractivity contribution is 0.0526. The first-order valence-electron chi connectivity index (χ1n) is 8.63. The van der Waals surface area contributed by atoms with Gasteiger partial charge in [0.25, 0.3) is 5.91 Å². The molecule has 0 saturated heterocycles. The number of nitrogens with zero attached hydrogens (tertiary/aromatic N) is 1. The largest absolute Gasteiger partial charge is 0.462 e. The molecule has 0 atom stereocenters. The molecule has 7 nitrogen and oxygen atoms in total. The number of hydrogen-bond donors (Lipinski definition) is 2. The average Bonchev–Trinajstić information content (AvgIpc) is 3.17. The summed E-state index contributed by atoms with van der Waals surface area (Å²) in [6.07, 6.45) is 1.40. The Labute approximate surface area is 161 Å². The number of anilines is 1. The summed E-state index contributed by atoms with van der Waals surface area (Å²) in [5.41, 5.74) is 10.2. The number of nitrogen functional groups attached to an aromatic ring is 1. The van der Waals surface area contributed by atoms with E-state index in [1.54, 1.807) is 67.6 Å². The number of para-hydroxylation sites is 1. The summed E-state index contributed by atoms with van der Waals surface area (Å²) < 4.78 is 10.6. The number of carbonyl (C=O) groups excluding carboxylic acids is 2. The van der Waals surface area contributed by atoms with Crippen LogP contribution in [0.4, 0.5) is 5.69 Å². The van der Waals surface area contributed by atoms with Gasteiger partial charge in [-0.05, 0) is 43.3 Å². The molecule has 1 heterocycles. The van der Waals surface area contributed by atoms with Gasteiger partial charge < -0.3 is 14.9 Å². The second-order valence-electron chi connectivity index (χ2n) is 5.79. The Morgan fingerprint density at radius 2 is 1.86 bits per heavy atom. The second-order valence-corrected chi connectivity index (χ2v) is 5.79. The summed E-state index contributed by atoms with van der Waals surface area (Å²) in [5, 5.41) is 3.89. The van der Waals surface area contributed by atoms with Gasteiger partial charge in [-0.15, -0.1) is 0 Å². The molecule has 2 aromatic carbocycles.